The first-order valence-corrected chi connectivity index (χ1v) is 6.89. The molecule has 1 unspecified atom stereocenters. The highest BCUT2D eigenvalue weighted by molar-refractivity contribution is 5.99. The monoisotopic (exact) mass is 313 g/mol. The molecule has 0 saturated heterocycles. The summed E-state index contributed by atoms with van der Waals surface area (Å²) in [7, 11) is 0. The number of nitrogens with zero attached hydrogens (tertiary/aromatic N) is 3. The van der Waals surface area contributed by atoms with Crippen LogP contribution in [0.25, 0.3) is 0 Å². The predicted molar refractivity (Wildman–Crippen MR) is 78.7 cm³/mol. The normalized spacial score (nSPS) is 16.2. The second-order valence-corrected chi connectivity index (χ2v) is 5.15. The fraction of sp³-hybridized carbons (Fsp3) is 0.200. The lowest BCUT2D eigenvalue weighted by Gasteiger charge is -2.23. The summed E-state index contributed by atoms with van der Waals surface area (Å²) in [6.07, 6.45) is 1.33. The number of nitriles is 1. The fourth-order valence-electron chi connectivity index (χ4n) is 2.37. The summed E-state index contributed by atoms with van der Waals surface area (Å²) in [5.41, 5.74) is 0.742. The van der Waals surface area contributed by atoms with Gasteiger partial charge in [-0.2, -0.15) is 10.4 Å². The molecule has 1 aromatic carbocycles. The van der Waals surface area contributed by atoms with E-state index in [9.17, 15) is 14.0 Å². The van der Waals surface area contributed by atoms with Crippen molar-refractivity contribution in [2.24, 2.45) is 5.92 Å². The maximum atomic E-state index is 12.8. The number of fused-ring (bicyclic) bond motifs is 1. The van der Waals surface area contributed by atoms with Gasteiger partial charge in [0.1, 0.15) is 23.3 Å². The first-order valence-electron chi connectivity index (χ1n) is 6.89. The Bertz CT molecular complexity index is 806. The zero-order valence-corrected chi connectivity index (χ0v) is 11.9. The Hall–Kier alpha value is -3.21. The molecule has 3 rings (SSSR count). The average Bonchev–Trinajstić information content (AvgIpc) is 2.92. The third-order valence-electron chi connectivity index (χ3n) is 3.53. The van der Waals surface area contributed by atoms with Gasteiger partial charge < -0.3 is 10.6 Å². The number of amides is 2. The molecule has 8 heteroatoms. The molecule has 1 atom stereocenters. The van der Waals surface area contributed by atoms with Crippen LogP contribution in [0.4, 0.5) is 15.9 Å². The highest BCUT2D eigenvalue weighted by Crippen LogP contribution is 2.24. The van der Waals surface area contributed by atoms with Gasteiger partial charge in [-0.15, -0.1) is 0 Å². The van der Waals surface area contributed by atoms with Crippen LogP contribution in [0.15, 0.2) is 30.5 Å². The summed E-state index contributed by atoms with van der Waals surface area (Å²) in [6, 6.07) is 7.30. The quantitative estimate of drug-likeness (QED) is 0.896. The number of hydrogen-bond donors (Lipinski definition) is 2. The number of carbonyl (C=O) groups is 2. The van der Waals surface area contributed by atoms with E-state index in [0.717, 1.165) is 0 Å². The summed E-state index contributed by atoms with van der Waals surface area (Å²) >= 11 is 0. The van der Waals surface area contributed by atoms with Crippen molar-refractivity contribution >= 4 is 23.3 Å². The smallest absolute Gasteiger partial charge is 0.231 e. The molecule has 0 bridgehead atoms. The minimum Gasteiger partial charge on any atom is -0.326 e. The van der Waals surface area contributed by atoms with Gasteiger partial charge in [0.2, 0.25) is 11.8 Å². The molecule has 2 N–H and O–H groups in total. The third kappa shape index (κ3) is 3.03. The third-order valence-corrected chi connectivity index (χ3v) is 3.53. The maximum absolute atomic E-state index is 12.8. The van der Waals surface area contributed by atoms with Crippen molar-refractivity contribution in [2.75, 3.05) is 10.6 Å². The molecule has 1 aliphatic rings. The van der Waals surface area contributed by atoms with Gasteiger partial charge in [-0.1, -0.05) is 0 Å². The van der Waals surface area contributed by atoms with E-state index in [0.29, 0.717) is 11.5 Å². The van der Waals surface area contributed by atoms with Crippen molar-refractivity contribution in [1.82, 2.24) is 9.78 Å². The van der Waals surface area contributed by atoms with Crippen molar-refractivity contribution in [3.8, 4) is 6.07 Å². The van der Waals surface area contributed by atoms with E-state index < -0.39 is 11.7 Å². The minimum absolute atomic E-state index is 0.0373. The van der Waals surface area contributed by atoms with Crippen LogP contribution in [0.2, 0.25) is 0 Å². The summed E-state index contributed by atoms with van der Waals surface area (Å²) in [6.45, 7) is 0.222. The molecule has 7 nitrogen and oxygen atoms in total. The predicted octanol–water partition coefficient (Wildman–Crippen LogP) is 1.49. The zero-order chi connectivity index (χ0) is 16.4. The minimum atomic E-state index is -0.589. The van der Waals surface area contributed by atoms with Crippen LogP contribution in [-0.4, -0.2) is 21.6 Å². The maximum Gasteiger partial charge on any atom is 0.231 e. The van der Waals surface area contributed by atoms with Crippen molar-refractivity contribution in [1.29, 1.82) is 5.26 Å². The van der Waals surface area contributed by atoms with Crippen LogP contribution < -0.4 is 10.6 Å². The number of anilines is 2. The van der Waals surface area contributed by atoms with Gasteiger partial charge in [0.15, 0.2) is 0 Å². The summed E-state index contributed by atoms with van der Waals surface area (Å²) in [4.78, 5) is 24.1. The van der Waals surface area contributed by atoms with Gasteiger partial charge in [0, 0.05) is 12.1 Å². The molecular weight excluding hydrogens is 301 g/mol. The number of benzene rings is 1. The Kier molecular flexibility index (Phi) is 3.76. The van der Waals surface area contributed by atoms with E-state index >= 15 is 0 Å². The number of rotatable bonds is 3. The summed E-state index contributed by atoms with van der Waals surface area (Å²) < 4.78 is 14.3. The van der Waals surface area contributed by atoms with Crippen molar-refractivity contribution in [3.05, 3.63) is 41.8 Å². The molecule has 2 heterocycles. The Morgan fingerprint density at radius 2 is 2.22 bits per heavy atom. The second-order valence-electron chi connectivity index (χ2n) is 5.15. The van der Waals surface area contributed by atoms with E-state index in [-0.39, 0.29) is 30.3 Å². The Labute approximate surface area is 130 Å². The molecule has 0 fully saturated rings. The molecule has 23 heavy (non-hydrogen) atoms. The lowest BCUT2D eigenvalue weighted by molar-refractivity contribution is -0.125. The van der Waals surface area contributed by atoms with Crippen LogP contribution in [0, 0.1) is 23.1 Å². The Balaban J connectivity index is 1.66. The molecule has 1 aliphatic heterocycles. The van der Waals surface area contributed by atoms with E-state index in [1.165, 1.54) is 35.1 Å². The van der Waals surface area contributed by atoms with Crippen LogP contribution in [0.1, 0.15) is 12.0 Å². The van der Waals surface area contributed by atoms with Crippen LogP contribution in [0.3, 0.4) is 0 Å². The molecule has 1 aromatic heterocycles. The lowest BCUT2D eigenvalue weighted by atomic mass is 10.0. The molecule has 0 saturated carbocycles. The first kappa shape index (κ1) is 14.7. The number of carbonyl (C=O) groups excluding carboxylic acids is 2. The molecule has 2 amide bonds. The van der Waals surface area contributed by atoms with Gasteiger partial charge >= 0.3 is 0 Å². The SMILES string of the molecule is N#Cc1cnn2c1NC(=O)C(CC(=O)Nc1ccc(F)cc1)C2. The van der Waals surface area contributed by atoms with Gasteiger partial charge in [-0.25, -0.2) is 9.07 Å². The molecule has 116 valence electrons. The zero-order valence-electron chi connectivity index (χ0n) is 11.9. The van der Waals surface area contributed by atoms with Crippen LogP contribution in [0.5, 0.6) is 0 Å². The van der Waals surface area contributed by atoms with E-state index in [2.05, 4.69) is 15.7 Å². The summed E-state index contributed by atoms with van der Waals surface area (Å²) in [5, 5.41) is 18.1. The molecular formula is C15H12FN5O2. The van der Waals surface area contributed by atoms with E-state index in [1.807, 2.05) is 6.07 Å². The van der Waals surface area contributed by atoms with Gasteiger partial charge in [0.05, 0.1) is 18.7 Å². The number of halogens is 1. The largest absolute Gasteiger partial charge is 0.326 e. The van der Waals surface area contributed by atoms with Crippen LogP contribution >= 0.6 is 0 Å². The number of nitrogens with one attached hydrogen (secondary N) is 2. The van der Waals surface area contributed by atoms with Gasteiger partial charge in [-0.3, -0.25) is 9.59 Å². The standard InChI is InChI=1S/C15H12FN5O2/c16-11-1-3-12(4-2-11)19-13(22)5-9-8-21-14(20-15(9)23)10(6-17)7-18-21/h1-4,7,9H,5,8H2,(H,19,22)(H,20,23). The van der Waals surface area contributed by atoms with Gasteiger partial charge in [-0.05, 0) is 24.3 Å². The lowest BCUT2D eigenvalue weighted by Crippen LogP contribution is -2.36. The highest BCUT2D eigenvalue weighted by atomic mass is 19.1. The molecule has 0 spiro atoms. The molecule has 2 aromatic rings. The number of hydrogen-bond acceptors (Lipinski definition) is 4. The second kappa shape index (κ2) is 5.88. The fourth-order valence-corrected chi connectivity index (χ4v) is 2.37. The average molecular weight is 313 g/mol. The van der Waals surface area contributed by atoms with Crippen LogP contribution in [-0.2, 0) is 16.1 Å². The summed E-state index contributed by atoms with van der Waals surface area (Å²) in [5.74, 6) is -1.31. The number of aromatic nitrogens is 2. The van der Waals surface area contributed by atoms with E-state index in [1.54, 1.807) is 0 Å². The first-order chi connectivity index (χ1) is 11.1. The van der Waals surface area contributed by atoms with Crippen molar-refractivity contribution in [2.45, 2.75) is 13.0 Å². The van der Waals surface area contributed by atoms with E-state index in [4.69, 9.17) is 5.26 Å². The topological polar surface area (TPSA) is 99.8 Å². The van der Waals surface area contributed by atoms with Gasteiger partial charge in [0.25, 0.3) is 0 Å². The Morgan fingerprint density at radius 3 is 2.91 bits per heavy atom. The molecule has 0 radical (unpaired) electrons. The van der Waals surface area contributed by atoms with Crippen molar-refractivity contribution in [3.63, 3.8) is 0 Å². The van der Waals surface area contributed by atoms with Crippen molar-refractivity contribution < 1.29 is 14.0 Å². The highest BCUT2D eigenvalue weighted by Gasteiger charge is 2.30. The Morgan fingerprint density at radius 1 is 1.48 bits per heavy atom. The molecule has 0 aliphatic carbocycles.